The fourth-order valence-electron chi connectivity index (χ4n) is 7.05. The Morgan fingerprint density at radius 2 is 1.86 bits per heavy atom. The maximum atomic E-state index is 14.6. The average Bonchev–Trinajstić information content (AvgIpc) is 4.05. The van der Waals surface area contributed by atoms with E-state index in [-0.39, 0.29) is 43.9 Å². The molecule has 2 heterocycles. The van der Waals surface area contributed by atoms with Gasteiger partial charge in [-0.1, -0.05) is 18.6 Å². The summed E-state index contributed by atoms with van der Waals surface area (Å²) in [7, 11) is -2.38. The number of sulfonamides is 1. The summed E-state index contributed by atoms with van der Waals surface area (Å²) in [6.45, 7) is 8.67. The number of carbonyl (C=O) groups is 5. The molecule has 3 aliphatic carbocycles. The normalized spacial score (nSPS) is 24.1. The number of aromatic nitrogens is 1. The van der Waals surface area contributed by atoms with E-state index in [9.17, 15) is 32.4 Å². The molecule has 0 bridgehead atoms. The Bertz CT molecular complexity index is 2020. The van der Waals surface area contributed by atoms with Gasteiger partial charge in [0.25, 0.3) is 5.91 Å². The summed E-state index contributed by atoms with van der Waals surface area (Å²) in [4.78, 5) is 74.1. The zero-order valence-corrected chi connectivity index (χ0v) is 33.1. The second kappa shape index (κ2) is 16.2. The number of amides is 4. The standard InChI is InChI=1S/C40H51N5O10S/c1-6-26-22-40(26,37(49)44-56(51,52)30-14-15-30)43-34(47)33-21-29(54-35-31-16-13-28(53-5)20-25(31)18-19-41-35)23-45(33)36(48)32(42-38(50)55-39(2,3)4)17-12-27(46)11-10-24-8-7-9-24/h6,10-11,13,16,18-20,24,26,29-30,32-33H,1,7-9,12,14-15,17,21-23H2,2-5H3,(H,42,50)(H,43,47)(H,44,49)/t26-,29-,32+,33+,40-/m1/s1. The fraction of sp³-hybridized carbons (Fsp3) is 0.550. The lowest BCUT2D eigenvalue weighted by Crippen LogP contribution is -2.58. The highest BCUT2D eigenvalue weighted by atomic mass is 32.2. The lowest BCUT2D eigenvalue weighted by Gasteiger charge is -2.30. The van der Waals surface area contributed by atoms with Crippen molar-refractivity contribution in [2.24, 2.45) is 11.8 Å². The minimum atomic E-state index is -3.93. The van der Waals surface area contributed by atoms with Crippen molar-refractivity contribution >= 4 is 50.4 Å². The van der Waals surface area contributed by atoms with Gasteiger partial charge in [-0.05, 0) is 101 Å². The Labute approximate surface area is 327 Å². The first-order valence-corrected chi connectivity index (χ1v) is 20.7. The first kappa shape index (κ1) is 40.7. The number of benzene rings is 1. The van der Waals surface area contributed by atoms with Crippen molar-refractivity contribution in [3.63, 3.8) is 0 Å². The van der Waals surface area contributed by atoms with Gasteiger partial charge in [-0.15, -0.1) is 6.58 Å². The van der Waals surface area contributed by atoms with E-state index in [4.69, 9.17) is 14.2 Å². The van der Waals surface area contributed by atoms with E-state index in [1.807, 2.05) is 12.1 Å². The number of nitrogens with zero attached hydrogens (tertiary/aromatic N) is 2. The van der Waals surface area contributed by atoms with Gasteiger partial charge in [0.05, 0.1) is 18.9 Å². The molecular formula is C40H51N5O10S. The maximum Gasteiger partial charge on any atom is 0.408 e. The third-order valence-corrected chi connectivity index (χ3v) is 12.5. The van der Waals surface area contributed by atoms with Gasteiger partial charge in [-0.3, -0.25) is 23.9 Å². The van der Waals surface area contributed by atoms with Crippen LogP contribution in [0, 0.1) is 11.8 Å². The molecule has 4 amide bonds. The van der Waals surface area contributed by atoms with Gasteiger partial charge in [-0.2, -0.15) is 0 Å². The molecule has 3 saturated carbocycles. The van der Waals surface area contributed by atoms with Gasteiger partial charge in [0.1, 0.15) is 35.1 Å². The monoisotopic (exact) mass is 793 g/mol. The largest absolute Gasteiger partial charge is 0.497 e. The van der Waals surface area contributed by atoms with Crippen molar-refractivity contribution in [3.8, 4) is 11.6 Å². The fourth-order valence-corrected chi connectivity index (χ4v) is 8.42. The van der Waals surface area contributed by atoms with E-state index in [0.29, 0.717) is 29.9 Å². The molecule has 56 heavy (non-hydrogen) atoms. The van der Waals surface area contributed by atoms with Gasteiger partial charge in [-0.25, -0.2) is 18.2 Å². The molecule has 6 rings (SSSR count). The summed E-state index contributed by atoms with van der Waals surface area (Å²) in [6, 6.07) is 4.66. The van der Waals surface area contributed by atoms with Crippen LogP contribution in [0.15, 0.2) is 55.3 Å². The van der Waals surface area contributed by atoms with Gasteiger partial charge < -0.3 is 29.7 Å². The summed E-state index contributed by atoms with van der Waals surface area (Å²) in [5, 5.41) is 6.16. The molecule has 302 valence electrons. The van der Waals surface area contributed by atoms with E-state index in [0.717, 1.165) is 24.6 Å². The molecule has 4 aliphatic rings. The molecule has 3 N–H and O–H groups in total. The Kier molecular flexibility index (Phi) is 11.8. The van der Waals surface area contributed by atoms with Crippen molar-refractivity contribution in [1.82, 2.24) is 25.2 Å². The first-order chi connectivity index (χ1) is 26.5. The van der Waals surface area contributed by atoms with Crippen LogP contribution in [0.3, 0.4) is 0 Å². The second-order valence-corrected chi connectivity index (χ2v) is 18.1. The molecule has 1 aromatic heterocycles. The molecular weight excluding hydrogens is 743 g/mol. The number of carbonyl (C=O) groups excluding carboxylic acids is 5. The van der Waals surface area contributed by atoms with Gasteiger partial charge in [0.15, 0.2) is 5.78 Å². The van der Waals surface area contributed by atoms with Gasteiger partial charge in [0.2, 0.25) is 27.7 Å². The quantitative estimate of drug-likeness (QED) is 0.165. The molecule has 0 unspecified atom stereocenters. The topological polar surface area (TPSA) is 199 Å². The number of fused-ring (bicyclic) bond motifs is 1. The minimum Gasteiger partial charge on any atom is -0.497 e. The van der Waals surface area contributed by atoms with Crippen molar-refractivity contribution in [2.45, 2.75) is 113 Å². The van der Waals surface area contributed by atoms with Crippen LogP contribution in [0.4, 0.5) is 4.79 Å². The zero-order valence-electron chi connectivity index (χ0n) is 32.2. The Morgan fingerprint density at radius 1 is 1.11 bits per heavy atom. The highest BCUT2D eigenvalue weighted by molar-refractivity contribution is 7.91. The number of alkyl carbamates (subject to hydrolysis) is 1. The number of hydrogen-bond donors (Lipinski definition) is 3. The number of pyridine rings is 1. The minimum absolute atomic E-state index is 0.0369. The van der Waals surface area contributed by atoms with E-state index >= 15 is 0 Å². The number of ketones is 1. The lowest BCUT2D eigenvalue weighted by molar-refractivity contribution is -0.141. The predicted molar refractivity (Wildman–Crippen MR) is 206 cm³/mol. The van der Waals surface area contributed by atoms with Crippen LogP contribution in [0.1, 0.15) is 78.6 Å². The summed E-state index contributed by atoms with van der Waals surface area (Å²) < 4.78 is 44.8. The van der Waals surface area contributed by atoms with E-state index in [1.54, 1.807) is 52.3 Å². The Hall–Kier alpha value is -4.99. The average molecular weight is 794 g/mol. The highest BCUT2D eigenvalue weighted by Crippen LogP contribution is 2.45. The SMILES string of the molecule is C=C[C@@H]1C[C@]1(NC(=O)[C@@H]1C[C@@H](Oc2nccc3cc(OC)ccc23)CN1C(=O)[C@H](CCC(=O)C=CC1CCC1)NC(=O)OC(C)(C)C)C(=O)NS(=O)(=O)C1CC1. The smallest absolute Gasteiger partial charge is 0.408 e. The molecule has 2 aromatic rings. The Balaban J connectivity index is 1.27. The first-order valence-electron chi connectivity index (χ1n) is 19.1. The van der Waals surface area contributed by atoms with Crippen LogP contribution in [0.5, 0.6) is 11.6 Å². The molecule has 1 aliphatic heterocycles. The van der Waals surface area contributed by atoms with Crippen LogP contribution in [-0.2, 0) is 33.9 Å². The van der Waals surface area contributed by atoms with E-state index in [1.165, 1.54) is 17.1 Å². The van der Waals surface area contributed by atoms with Crippen LogP contribution in [0.2, 0.25) is 0 Å². The molecule has 0 spiro atoms. The lowest BCUT2D eigenvalue weighted by atomic mass is 9.85. The number of methoxy groups -OCH3 is 1. The van der Waals surface area contributed by atoms with Crippen molar-refractivity contribution in [2.75, 3.05) is 13.7 Å². The molecule has 0 radical (unpaired) electrons. The third kappa shape index (κ3) is 9.51. The predicted octanol–water partition coefficient (Wildman–Crippen LogP) is 3.86. The van der Waals surface area contributed by atoms with Crippen molar-refractivity contribution in [1.29, 1.82) is 0 Å². The molecule has 15 nitrogen and oxygen atoms in total. The number of ether oxygens (including phenoxy) is 3. The summed E-state index contributed by atoms with van der Waals surface area (Å²) in [6.07, 6.45) is 8.72. The van der Waals surface area contributed by atoms with Crippen LogP contribution >= 0.6 is 0 Å². The second-order valence-electron chi connectivity index (χ2n) is 16.1. The number of nitrogens with one attached hydrogen (secondary N) is 3. The molecule has 1 aromatic carbocycles. The number of allylic oxidation sites excluding steroid dienone is 2. The molecule has 1 saturated heterocycles. The maximum absolute atomic E-state index is 14.6. The highest BCUT2D eigenvalue weighted by Gasteiger charge is 2.62. The van der Waals surface area contributed by atoms with Crippen LogP contribution in [-0.4, -0.2) is 96.1 Å². The van der Waals surface area contributed by atoms with E-state index < -0.39 is 74.3 Å². The van der Waals surface area contributed by atoms with Crippen LogP contribution in [0.25, 0.3) is 10.8 Å². The summed E-state index contributed by atoms with van der Waals surface area (Å²) in [5.74, 6) is -1.80. The molecule has 5 atom stereocenters. The Morgan fingerprint density at radius 3 is 2.48 bits per heavy atom. The third-order valence-electron chi connectivity index (χ3n) is 10.7. The summed E-state index contributed by atoms with van der Waals surface area (Å²) >= 11 is 0. The number of rotatable bonds is 16. The van der Waals surface area contributed by atoms with Gasteiger partial charge >= 0.3 is 6.09 Å². The summed E-state index contributed by atoms with van der Waals surface area (Å²) in [5.41, 5.74) is -2.49. The number of likely N-dealkylation sites (tertiary alicyclic amines) is 1. The van der Waals surface area contributed by atoms with E-state index in [2.05, 4.69) is 26.9 Å². The zero-order chi connectivity index (χ0) is 40.4. The van der Waals surface area contributed by atoms with Crippen molar-refractivity contribution < 1.29 is 46.6 Å². The molecule has 4 fully saturated rings. The van der Waals surface area contributed by atoms with Crippen molar-refractivity contribution in [3.05, 3.63) is 55.3 Å². The molecule has 16 heteroatoms. The van der Waals surface area contributed by atoms with Crippen LogP contribution < -0.4 is 24.8 Å². The van der Waals surface area contributed by atoms with Gasteiger partial charge in [0, 0.05) is 30.3 Å². The number of hydrogen-bond acceptors (Lipinski definition) is 11.